The molecule has 0 aliphatic carbocycles. The smallest absolute Gasteiger partial charge is 0.175 e. The quantitative estimate of drug-likeness (QED) is 0.494. The third kappa shape index (κ3) is 1.62. The molecule has 1 aromatic rings. The average Bonchev–Trinajstić information content (AvgIpc) is 2.20. The Labute approximate surface area is 80.6 Å². The van der Waals surface area contributed by atoms with Gasteiger partial charge in [-0.15, -0.1) is 0 Å². The van der Waals surface area contributed by atoms with Gasteiger partial charge in [-0.25, -0.2) is 0 Å². The zero-order valence-electron chi connectivity index (χ0n) is 7.31. The van der Waals surface area contributed by atoms with Gasteiger partial charge in [-0.1, -0.05) is 6.07 Å². The van der Waals surface area contributed by atoms with Gasteiger partial charge in [-0.3, -0.25) is 0 Å². The van der Waals surface area contributed by atoms with Crippen LogP contribution < -0.4 is 5.73 Å². The molecule has 0 fully saturated rings. The van der Waals surface area contributed by atoms with Crippen molar-refractivity contribution >= 4 is 0 Å². The molecule has 0 saturated carbocycles. The summed E-state index contributed by atoms with van der Waals surface area (Å²) in [5.74, 6) is -0.924. The third-order valence-corrected chi connectivity index (χ3v) is 1.88. The lowest BCUT2D eigenvalue weighted by Gasteiger charge is -2.11. The molecule has 0 bridgehead atoms. The second-order valence-corrected chi connectivity index (χ2v) is 2.76. The second kappa shape index (κ2) is 3.96. The number of nitrogens with zero attached hydrogens (tertiary/aromatic N) is 1. The van der Waals surface area contributed by atoms with Gasteiger partial charge in [0.1, 0.15) is 11.6 Å². The number of aliphatic hydroxyl groups excluding tert-OH is 1. The Bertz CT molecular complexity index is 384. The summed E-state index contributed by atoms with van der Waals surface area (Å²) >= 11 is 0. The predicted octanol–water partition coefficient (Wildman–Crippen LogP) is -0.0384. The van der Waals surface area contributed by atoms with Crippen LogP contribution in [-0.2, 0) is 0 Å². The molecule has 0 amide bonds. The lowest BCUT2D eigenvalue weighted by atomic mass is 10.0. The molecule has 0 aliphatic rings. The summed E-state index contributed by atoms with van der Waals surface area (Å²) < 4.78 is 0. The molecule has 5 N–H and O–H groups in total. The molecule has 0 heterocycles. The number of aromatic hydroxyl groups is 2. The fraction of sp³-hybridized carbons (Fsp3) is 0.222. The SMILES string of the molecule is N#Cc1c([C@H](O)CN)ccc(O)c1O. The van der Waals surface area contributed by atoms with Crippen LogP contribution in [0.15, 0.2) is 12.1 Å². The highest BCUT2D eigenvalue weighted by Crippen LogP contribution is 2.33. The Balaban J connectivity index is 3.33. The summed E-state index contributed by atoms with van der Waals surface area (Å²) in [7, 11) is 0. The minimum atomic E-state index is -1.02. The van der Waals surface area contributed by atoms with E-state index >= 15 is 0 Å². The molecular weight excluding hydrogens is 184 g/mol. The van der Waals surface area contributed by atoms with E-state index in [2.05, 4.69) is 0 Å². The minimum Gasteiger partial charge on any atom is -0.504 e. The fourth-order valence-corrected chi connectivity index (χ4v) is 1.12. The first-order chi connectivity index (χ1) is 6.61. The van der Waals surface area contributed by atoms with Crippen molar-refractivity contribution < 1.29 is 15.3 Å². The number of phenolic OH excluding ortho intramolecular Hbond substituents is 2. The number of aliphatic hydroxyl groups is 1. The maximum atomic E-state index is 9.39. The van der Waals surface area contributed by atoms with Crippen molar-refractivity contribution in [1.82, 2.24) is 0 Å². The molecule has 0 radical (unpaired) electrons. The Hall–Kier alpha value is -1.77. The van der Waals surface area contributed by atoms with Crippen LogP contribution in [0.2, 0.25) is 0 Å². The van der Waals surface area contributed by atoms with Crippen molar-refractivity contribution in [2.45, 2.75) is 6.10 Å². The predicted molar refractivity (Wildman–Crippen MR) is 48.5 cm³/mol. The molecule has 0 aliphatic heterocycles. The van der Waals surface area contributed by atoms with Crippen molar-refractivity contribution in [3.8, 4) is 17.6 Å². The van der Waals surface area contributed by atoms with E-state index in [0.29, 0.717) is 0 Å². The van der Waals surface area contributed by atoms with E-state index < -0.39 is 17.6 Å². The van der Waals surface area contributed by atoms with E-state index in [1.807, 2.05) is 0 Å². The van der Waals surface area contributed by atoms with Crippen LogP contribution in [0.1, 0.15) is 17.2 Å². The van der Waals surface area contributed by atoms with Crippen molar-refractivity contribution in [3.63, 3.8) is 0 Å². The highest BCUT2D eigenvalue weighted by molar-refractivity contribution is 5.55. The monoisotopic (exact) mass is 194 g/mol. The normalized spacial score (nSPS) is 12.1. The molecule has 0 spiro atoms. The van der Waals surface area contributed by atoms with E-state index in [4.69, 9.17) is 16.1 Å². The van der Waals surface area contributed by atoms with E-state index in [1.165, 1.54) is 12.1 Å². The number of rotatable bonds is 2. The maximum absolute atomic E-state index is 9.39. The Morgan fingerprint density at radius 1 is 1.43 bits per heavy atom. The van der Waals surface area contributed by atoms with Crippen LogP contribution in [0.5, 0.6) is 11.5 Å². The Morgan fingerprint density at radius 2 is 2.07 bits per heavy atom. The first-order valence-electron chi connectivity index (χ1n) is 3.94. The zero-order chi connectivity index (χ0) is 10.7. The molecule has 0 saturated heterocycles. The number of nitrogens with two attached hydrogens (primary N) is 1. The molecule has 1 rings (SSSR count). The van der Waals surface area contributed by atoms with Gasteiger partial charge in [0.05, 0.1) is 6.10 Å². The maximum Gasteiger partial charge on any atom is 0.175 e. The molecule has 5 nitrogen and oxygen atoms in total. The highest BCUT2D eigenvalue weighted by Gasteiger charge is 2.16. The van der Waals surface area contributed by atoms with E-state index in [0.717, 1.165) is 0 Å². The average molecular weight is 194 g/mol. The minimum absolute atomic E-state index is 0.0567. The van der Waals surface area contributed by atoms with E-state index in [9.17, 15) is 10.2 Å². The number of hydrogen-bond donors (Lipinski definition) is 4. The summed E-state index contributed by atoms with van der Waals surface area (Å²) in [5, 5.41) is 36.5. The summed E-state index contributed by atoms with van der Waals surface area (Å²) in [6.07, 6.45) is -1.02. The Kier molecular flexibility index (Phi) is 2.92. The third-order valence-electron chi connectivity index (χ3n) is 1.88. The van der Waals surface area contributed by atoms with Crippen molar-refractivity contribution in [2.24, 2.45) is 5.73 Å². The van der Waals surface area contributed by atoms with Crippen molar-refractivity contribution in [2.75, 3.05) is 6.54 Å². The second-order valence-electron chi connectivity index (χ2n) is 2.76. The summed E-state index contributed by atoms with van der Waals surface area (Å²) in [4.78, 5) is 0. The van der Waals surface area contributed by atoms with Gasteiger partial charge in [0.15, 0.2) is 11.5 Å². The zero-order valence-corrected chi connectivity index (χ0v) is 7.31. The topological polar surface area (TPSA) is 110 Å². The highest BCUT2D eigenvalue weighted by atomic mass is 16.3. The van der Waals surface area contributed by atoms with E-state index in [-0.39, 0.29) is 17.7 Å². The molecule has 5 heteroatoms. The summed E-state index contributed by atoms with van der Waals surface area (Å²) in [6.45, 7) is -0.0567. The molecule has 0 unspecified atom stereocenters. The van der Waals surface area contributed by atoms with Crippen LogP contribution in [0.3, 0.4) is 0 Å². The van der Waals surface area contributed by atoms with Crippen LogP contribution >= 0.6 is 0 Å². The number of hydrogen-bond acceptors (Lipinski definition) is 5. The van der Waals surface area contributed by atoms with Crippen LogP contribution in [0.25, 0.3) is 0 Å². The van der Waals surface area contributed by atoms with Gasteiger partial charge in [0.25, 0.3) is 0 Å². The molecule has 1 atom stereocenters. The van der Waals surface area contributed by atoms with Gasteiger partial charge in [0, 0.05) is 12.1 Å². The summed E-state index contributed by atoms with van der Waals surface area (Å²) in [5.41, 5.74) is 5.28. The lowest BCUT2D eigenvalue weighted by Crippen LogP contribution is -2.12. The van der Waals surface area contributed by atoms with Gasteiger partial charge < -0.3 is 21.1 Å². The van der Waals surface area contributed by atoms with Crippen LogP contribution in [0.4, 0.5) is 0 Å². The van der Waals surface area contributed by atoms with Gasteiger partial charge in [0.2, 0.25) is 0 Å². The van der Waals surface area contributed by atoms with Gasteiger partial charge in [-0.2, -0.15) is 5.26 Å². The lowest BCUT2D eigenvalue weighted by molar-refractivity contribution is 0.186. The standard InChI is InChI=1S/C9H10N2O3/c10-3-6-5(8(13)4-11)1-2-7(12)9(6)14/h1-2,8,12-14H,4,11H2/t8-/m1/s1. The van der Waals surface area contributed by atoms with Crippen LogP contribution in [0, 0.1) is 11.3 Å². The molecule has 1 aromatic carbocycles. The molecule has 0 aromatic heterocycles. The molecular formula is C9H10N2O3. The van der Waals surface area contributed by atoms with Crippen LogP contribution in [-0.4, -0.2) is 21.9 Å². The molecule has 14 heavy (non-hydrogen) atoms. The van der Waals surface area contributed by atoms with Gasteiger partial charge >= 0.3 is 0 Å². The largest absolute Gasteiger partial charge is 0.504 e. The number of nitriles is 1. The fourth-order valence-electron chi connectivity index (χ4n) is 1.12. The number of benzene rings is 1. The Morgan fingerprint density at radius 3 is 2.57 bits per heavy atom. The van der Waals surface area contributed by atoms with E-state index in [1.54, 1.807) is 6.07 Å². The van der Waals surface area contributed by atoms with Gasteiger partial charge in [-0.05, 0) is 6.07 Å². The summed E-state index contributed by atoms with van der Waals surface area (Å²) in [6, 6.07) is 4.25. The van der Waals surface area contributed by atoms with Crippen molar-refractivity contribution in [1.29, 1.82) is 5.26 Å². The molecule has 74 valence electrons. The first-order valence-corrected chi connectivity index (χ1v) is 3.94. The number of phenols is 2. The van der Waals surface area contributed by atoms with Crippen molar-refractivity contribution in [3.05, 3.63) is 23.3 Å². The first kappa shape index (κ1) is 10.3.